The van der Waals surface area contributed by atoms with E-state index in [1.807, 2.05) is 42.5 Å². The van der Waals surface area contributed by atoms with Crippen LogP contribution in [0.3, 0.4) is 0 Å². The molecule has 130 valence electrons. The molecule has 0 unspecified atom stereocenters. The van der Waals surface area contributed by atoms with Crippen LogP contribution in [0, 0.1) is 0 Å². The Morgan fingerprint density at radius 1 is 1.24 bits per heavy atom. The predicted molar refractivity (Wildman–Crippen MR) is 92.8 cm³/mol. The van der Waals surface area contributed by atoms with Crippen molar-refractivity contribution in [2.24, 2.45) is 0 Å². The first-order valence-corrected chi connectivity index (χ1v) is 8.22. The van der Waals surface area contributed by atoms with E-state index in [1.165, 1.54) is 7.11 Å². The summed E-state index contributed by atoms with van der Waals surface area (Å²) in [7, 11) is 1.29. The summed E-state index contributed by atoms with van der Waals surface area (Å²) < 4.78 is 4.84. The molecule has 2 N–H and O–H groups in total. The molecule has 0 aliphatic carbocycles. The Balaban J connectivity index is 1.80. The summed E-state index contributed by atoms with van der Waals surface area (Å²) in [5, 5.41) is 7.42. The number of amides is 2. The Morgan fingerprint density at radius 3 is 2.72 bits per heavy atom. The molecular formula is C19H20N2O4. The third kappa shape index (κ3) is 3.79. The van der Waals surface area contributed by atoms with Gasteiger partial charge in [-0.1, -0.05) is 42.5 Å². The van der Waals surface area contributed by atoms with Gasteiger partial charge < -0.3 is 15.4 Å². The van der Waals surface area contributed by atoms with Gasteiger partial charge in [0.2, 0.25) is 11.8 Å². The van der Waals surface area contributed by atoms with Gasteiger partial charge in [-0.05, 0) is 22.8 Å². The lowest BCUT2D eigenvalue weighted by atomic mass is 9.98. The topological polar surface area (TPSA) is 84.5 Å². The monoisotopic (exact) mass is 340 g/mol. The van der Waals surface area contributed by atoms with Gasteiger partial charge in [0.05, 0.1) is 7.11 Å². The minimum absolute atomic E-state index is 0.149. The van der Waals surface area contributed by atoms with Crippen LogP contribution in [0.4, 0.5) is 0 Å². The third-order valence-electron chi connectivity index (χ3n) is 4.42. The highest BCUT2D eigenvalue weighted by atomic mass is 16.5. The molecule has 1 aliphatic rings. The smallest absolute Gasteiger partial charge is 0.328 e. The number of carbonyl (C=O) groups excluding carboxylic acids is 3. The summed E-state index contributed by atoms with van der Waals surface area (Å²) in [4.78, 5) is 35.8. The molecule has 2 aromatic rings. The summed E-state index contributed by atoms with van der Waals surface area (Å²) in [6.07, 6.45) is 1.08. The summed E-state index contributed by atoms with van der Waals surface area (Å²) in [5.74, 6) is -1.02. The molecule has 0 aromatic heterocycles. The first-order valence-electron chi connectivity index (χ1n) is 8.22. The van der Waals surface area contributed by atoms with Crippen LogP contribution in [-0.2, 0) is 25.5 Å². The highest BCUT2D eigenvalue weighted by molar-refractivity contribution is 5.93. The van der Waals surface area contributed by atoms with E-state index in [0.717, 1.165) is 16.3 Å². The lowest BCUT2D eigenvalue weighted by Crippen LogP contribution is -2.50. The summed E-state index contributed by atoms with van der Waals surface area (Å²) >= 11 is 0. The molecule has 3 rings (SSSR count). The first kappa shape index (κ1) is 17.0. The lowest BCUT2D eigenvalue weighted by molar-refractivity contribution is -0.145. The van der Waals surface area contributed by atoms with E-state index in [-0.39, 0.29) is 11.8 Å². The third-order valence-corrected chi connectivity index (χ3v) is 4.42. The quantitative estimate of drug-likeness (QED) is 0.804. The first-order chi connectivity index (χ1) is 12.1. The molecule has 1 heterocycles. The van der Waals surface area contributed by atoms with E-state index in [0.29, 0.717) is 19.3 Å². The van der Waals surface area contributed by atoms with Crippen molar-refractivity contribution in [2.75, 3.05) is 7.11 Å². The lowest BCUT2D eigenvalue weighted by Gasteiger charge is -2.19. The van der Waals surface area contributed by atoms with Crippen LogP contribution in [0.15, 0.2) is 42.5 Å². The van der Waals surface area contributed by atoms with Crippen molar-refractivity contribution in [3.63, 3.8) is 0 Å². The molecule has 0 saturated carbocycles. The Labute approximate surface area is 145 Å². The SMILES string of the molecule is COC(=O)[C@@H](Cc1cccc2ccccc12)NC(=O)[C@@H]1CCC(=O)N1. The maximum Gasteiger partial charge on any atom is 0.328 e. The molecule has 2 amide bonds. The van der Waals surface area contributed by atoms with Gasteiger partial charge in [0.25, 0.3) is 0 Å². The van der Waals surface area contributed by atoms with Crippen LogP contribution in [0.25, 0.3) is 10.8 Å². The molecule has 2 atom stereocenters. The summed E-state index contributed by atoms with van der Waals surface area (Å²) in [6, 6.07) is 12.3. The number of hydrogen-bond donors (Lipinski definition) is 2. The molecule has 6 nitrogen and oxygen atoms in total. The van der Waals surface area contributed by atoms with E-state index in [9.17, 15) is 14.4 Å². The van der Waals surface area contributed by atoms with Crippen LogP contribution in [0.1, 0.15) is 18.4 Å². The van der Waals surface area contributed by atoms with E-state index in [2.05, 4.69) is 10.6 Å². The standard InChI is InChI=1S/C19H20N2O4/c1-25-19(24)16(21-18(23)15-9-10-17(22)20-15)11-13-7-4-6-12-5-2-3-8-14(12)13/h2-8,15-16H,9-11H2,1H3,(H,20,22)(H,21,23)/t15-,16+/m0/s1. The van der Waals surface area contributed by atoms with Gasteiger partial charge in [-0.3, -0.25) is 9.59 Å². The second kappa shape index (κ2) is 7.34. The molecule has 25 heavy (non-hydrogen) atoms. The van der Waals surface area contributed by atoms with Crippen molar-refractivity contribution in [1.82, 2.24) is 10.6 Å². The minimum atomic E-state index is -0.805. The second-order valence-corrected chi connectivity index (χ2v) is 6.09. The van der Waals surface area contributed by atoms with Crippen LogP contribution in [0.5, 0.6) is 0 Å². The van der Waals surface area contributed by atoms with Gasteiger partial charge in [0.15, 0.2) is 0 Å². The van der Waals surface area contributed by atoms with Gasteiger partial charge in [-0.15, -0.1) is 0 Å². The molecule has 0 radical (unpaired) electrons. The molecule has 0 spiro atoms. The summed E-state index contributed by atoms with van der Waals surface area (Å²) in [5.41, 5.74) is 0.948. The Hall–Kier alpha value is -2.89. The number of ether oxygens (including phenoxy) is 1. The van der Waals surface area contributed by atoms with Crippen molar-refractivity contribution in [2.45, 2.75) is 31.3 Å². The molecule has 6 heteroatoms. The van der Waals surface area contributed by atoms with E-state index in [1.54, 1.807) is 0 Å². The van der Waals surface area contributed by atoms with Gasteiger partial charge in [0, 0.05) is 12.8 Å². The van der Waals surface area contributed by atoms with Gasteiger partial charge in [0.1, 0.15) is 12.1 Å². The molecular weight excluding hydrogens is 320 g/mol. The largest absolute Gasteiger partial charge is 0.467 e. The predicted octanol–water partition coefficient (Wildman–Crippen LogP) is 1.32. The van der Waals surface area contributed by atoms with Gasteiger partial charge >= 0.3 is 5.97 Å². The van der Waals surface area contributed by atoms with Crippen molar-refractivity contribution in [3.8, 4) is 0 Å². The highest BCUT2D eigenvalue weighted by Crippen LogP contribution is 2.20. The number of fused-ring (bicyclic) bond motifs is 1. The second-order valence-electron chi connectivity index (χ2n) is 6.09. The van der Waals surface area contributed by atoms with E-state index < -0.39 is 18.1 Å². The summed E-state index contributed by atoms with van der Waals surface area (Å²) in [6.45, 7) is 0. The number of carbonyl (C=O) groups is 3. The highest BCUT2D eigenvalue weighted by Gasteiger charge is 2.31. The molecule has 1 saturated heterocycles. The van der Waals surface area contributed by atoms with E-state index >= 15 is 0 Å². The molecule has 2 aromatic carbocycles. The number of rotatable bonds is 5. The average Bonchev–Trinajstić information content (AvgIpc) is 3.07. The van der Waals surface area contributed by atoms with Gasteiger partial charge in [-0.25, -0.2) is 4.79 Å². The number of hydrogen-bond acceptors (Lipinski definition) is 4. The zero-order valence-corrected chi connectivity index (χ0v) is 14.0. The normalized spacial score (nSPS) is 17.8. The Bertz CT molecular complexity index is 813. The molecule has 1 aliphatic heterocycles. The fraction of sp³-hybridized carbons (Fsp3) is 0.316. The molecule has 1 fully saturated rings. The number of benzene rings is 2. The van der Waals surface area contributed by atoms with Crippen LogP contribution in [0.2, 0.25) is 0 Å². The van der Waals surface area contributed by atoms with Crippen molar-refractivity contribution in [1.29, 1.82) is 0 Å². The van der Waals surface area contributed by atoms with Crippen LogP contribution < -0.4 is 10.6 Å². The molecule has 0 bridgehead atoms. The van der Waals surface area contributed by atoms with Crippen LogP contribution >= 0.6 is 0 Å². The van der Waals surface area contributed by atoms with Crippen molar-refractivity contribution < 1.29 is 19.1 Å². The van der Waals surface area contributed by atoms with Crippen molar-refractivity contribution >= 4 is 28.6 Å². The zero-order chi connectivity index (χ0) is 17.8. The number of methoxy groups -OCH3 is 1. The Kier molecular flexibility index (Phi) is 4.97. The average molecular weight is 340 g/mol. The maximum atomic E-state index is 12.3. The number of esters is 1. The van der Waals surface area contributed by atoms with Gasteiger partial charge in [-0.2, -0.15) is 0 Å². The fourth-order valence-corrected chi connectivity index (χ4v) is 3.11. The number of nitrogens with one attached hydrogen (secondary N) is 2. The zero-order valence-electron chi connectivity index (χ0n) is 14.0. The maximum absolute atomic E-state index is 12.3. The fourth-order valence-electron chi connectivity index (χ4n) is 3.11. The van der Waals surface area contributed by atoms with Crippen LogP contribution in [-0.4, -0.2) is 37.0 Å². The minimum Gasteiger partial charge on any atom is -0.467 e. The van der Waals surface area contributed by atoms with Crippen molar-refractivity contribution in [3.05, 3.63) is 48.0 Å². The Morgan fingerprint density at radius 2 is 2.00 bits per heavy atom. The van der Waals surface area contributed by atoms with E-state index in [4.69, 9.17) is 4.74 Å².